The van der Waals surface area contributed by atoms with Crippen molar-refractivity contribution in [3.8, 4) is 5.75 Å². The number of ketones is 1. The summed E-state index contributed by atoms with van der Waals surface area (Å²) in [6.07, 6.45) is 4.42. The molecule has 6 heteroatoms. The summed E-state index contributed by atoms with van der Waals surface area (Å²) in [7, 11) is 1.35. The molecule has 6 nitrogen and oxygen atoms in total. The van der Waals surface area contributed by atoms with Gasteiger partial charge in [-0.05, 0) is 49.3 Å². The van der Waals surface area contributed by atoms with Crippen LogP contribution in [0, 0.1) is 17.8 Å². The highest BCUT2D eigenvalue weighted by Gasteiger charge is 2.29. The number of carbonyl (C=O) groups excluding carboxylic acids is 3. The van der Waals surface area contributed by atoms with Gasteiger partial charge in [-0.1, -0.05) is 45.7 Å². The van der Waals surface area contributed by atoms with Crippen molar-refractivity contribution in [2.45, 2.75) is 71.8 Å². The third kappa shape index (κ3) is 8.35. The zero-order chi connectivity index (χ0) is 22.8. The minimum absolute atomic E-state index is 0.0933. The zero-order valence-electron chi connectivity index (χ0n) is 19.3. The van der Waals surface area contributed by atoms with E-state index in [1.165, 1.54) is 7.11 Å². The summed E-state index contributed by atoms with van der Waals surface area (Å²) in [6.45, 7) is 6.52. The fourth-order valence-electron chi connectivity index (χ4n) is 3.94. The van der Waals surface area contributed by atoms with E-state index in [1.54, 1.807) is 0 Å². The summed E-state index contributed by atoms with van der Waals surface area (Å²) in [4.78, 5) is 38.2. The maximum Gasteiger partial charge on any atom is 0.309 e. The average molecular weight is 432 g/mol. The van der Waals surface area contributed by atoms with Crippen molar-refractivity contribution in [2.75, 3.05) is 13.7 Å². The fraction of sp³-hybridized carbons (Fsp3) is 0.640. The number of hydrogen-bond donors (Lipinski definition) is 1. The summed E-state index contributed by atoms with van der Waals surface area (Å²) in [5.41, 5.74) is 1.05. The summed E-state index contributed by atoms with van der Waals surface area (Å²) in [5.74, 6) is -0.295. The van der Waals surface area contributed by atoms with E-state index in [0.717, 1.165) is 30.6 Å². The van der Waals surface area contributed by atoms with Gasteiger partial charge in [-0.15, -0.1) is 0 Å². The normalized spacial score (nSPS) is 24.1. The van der Waals surface area contributed by atoms with E-state index in [2.05, 4.69) is 5.32 Å². The third-order valence-corrected chi connectivity index (χ3v) is 5.77. The van der Waals surface area contributed by atoms with E-state index in [1.807, 2.05) is 45.0 Å². The molecule has 3 atom stereocenters. The highest BCUT2D eigenvalue weighted by Crippen LogP contribution is 2.21. The molecule has 0 aliphatic carbocycles. The van der Waals surface area contributed by atoms with E-state index in [9.17, 15) is 14.4 Å². The molecule has 2 aliphatic rings. The third-order valence-electron chi connectivity index (χ3n) is 5.77. The van der Waals surface area contributed by atoms with Crippen molar-refractivity contribution in [3.05, 3.63) is 29.8 Å². The van der Waals surface area contributed by atoms with Crippen LogP contribution >= 0.6 is 0 Å². The lowest BCUT2D eigenvalue weighted by molar-refractivity contribution is -0.147. The van der Waals surface area contributed by atoms with Gasteiger partial charge in [-0.2, -0.15) is 0 Å². The SMILES string of the molecule is COC(=O)[C@@H]1CCCCCOc2ccc(cc2)C[C@H](C)C(=O)N[C@@H](CC(C)C)C(=O)C1. The first-order valence-corrected chi connectivity index (χ1v) is 11.4. The molecule has 2 heterocycles. The summed E-state index contributed by atoms with van der Waals surface area (Å²) in [6, 6.07) is 7.25. The van der Waals surface area contributed by atoms with Gasteiger partial charge < -0.3 is 14.8 Å². The molecule has 0 saturated heterocycles. The predicted molar refractivity (Wildman–Crippen MR) is 120 cm³/mol. The second-order valence-electron chi connectivity index (χ2n) is 9.03. The lowest BCUT2D eigenvalue weighted by Gasteiger charge is -2.24. The smallest absolute Gasteiger partial charge is 0.309 e. The first kappa shape index (κ1) is 24.9. The highest BCUT2D eigenvalue weighted by molar-refractivity contribution is 5.92. The van der Waals surface area contributed by atoms with Crippen LogP contribution in [0.4, 0.5) is 0 Å². The first-order chi connectivity index (χ1) is 14.8. The second-order valence-corrected chi connectivity index (χ2v) is 9.03. The van der Waals surface area contributed by atoms with Gasteiger partial charge >= 0.3 is 5.97 Å². The van der Waals surface area contributed by atoms with Crippen molar-refractivity contribution in [1.82, 2.24) is 5.32 Å². The van der Waals surface area contributed by atoms with Crippen LogP contribution in [0.3, 0.4) is 0 Å². The van der Waals surface area contributed by atoms with Gasteiger partial charge in [-0.25, -0.2) is 0 Å². The quantitative estimate of drug-likeness (QED) is 0.729. The Morgan fingerprint density at radius 1 is 1.13 bits per heavy atom. The molecule has 3 rings (SSSR count). The number of amides is 1. The van der Waals surface area contributed by atoms with E-state index < -0.39 is 12.0 Å². The standard InChI is InChI=1S/C25H37NO5/c1-17(2)14-22-23(27)16-20(25(29)30-4)8-6-5-7-13-31-21-11-9-19(10-12-21)15-18(3)24(28)26-22/h9-12,17-18,20,22H,5-8,13-16H2,1-4H3,(H,26,28)/t18-,20+,22-/m0/s1. The number of esters is 1. The molecule has 1 amide bonds. The van der Waals surface area contributed by atoms with Crippen molar-refractivity contribution < 1.29 is 23.9 Å². The molecular weight excluding hydrogens is 394 g/mol. The van der Waals surface area contributed by atoms with Crippen molar-refractivity contribution in [2.24, 2.45) is 17.8 Å². The molecule has 0 spiro atoms. The van der Waals surface area contributed by atoms with E-state index in [-0.39, 0.29) is 35.9 Å². The number of methoxy groups -OCH3 is 1. The average Bonchev–Trinajstić information content (AvgIpc) is 2.74. The van der Waals surface area contributed by atoms with Crippen molar-refractivity contribution >= 4 is 17.7 Å². The fourth-order valence-corrected chi connectivity index (χ4v) is 3.94. The minimum atomic E-state index is -0.586. The van der Waals surface area contributed by atoms with Gasteiger partial charge in [0.25, 0.3) is 0 Å². The molecule has 0 fully saturated rings. The van der Waals surface area contributed by atoms with Crippen LogP contribution in [-0.2, 0) is 25.5 Å². The van der Waals surface area contributed by atoms with Crippen LogP contribution in [0.2, 0.25) is 0 Å². The minimum Gasteiger partial charge on any atom is -0.494 e. The monoisotopic (exact) mass is 431 g/mol. The molecule has 2 bridgehead atoms. The second kappa shape index (κ2) is 12.5. The molecule has 2 aliphatic heterocycles. The van der Waals surface area contributed by atoms with Crippen LogP contribution in [0.15, 0.2) is 24.3 Å². The number of fused-ring (bicyclic) bond motifs is 15. The van der Waals surface area contributed by atoms with E-state index in [4.69, 9.17) is 9.47 Å². The highest BCUT2D eigenvalue weighted by atomic mass is 16.5. The molecule has 31 heavy (non-hydrogen) atoms. The number of carbonyl (C=O) groups is 3. The van der Waals surface area contributed by atoms with Gasteiger partial charge in [0.1, 0.15) is 5.75 Å². The molecule has 0 aromatic heterocycles. The van der Waals surface area contributed by atoms with Crippen LogP contribution in [0.1, 0.15) is 64.9 Å². The predicted octanol–water partition coefficient (Wildman–Crippen LogP) is 4.10. The molecule has 1 N–H and O–H groups in total. The molecule has 0 unspecified atom stereocenters. The van der Waals surface area contributed by atoms with Gasteiger partial charge in [0, 0.05) is 12.3 Å². The van der Waals surface area contributed by atoms with Crippen molar-refractivity contribution in [1.29, 1.82) is 0 Å². The Morgan fingerprint density at radius 3 is 2.48 bits per heavy atom. The maximum atomic E-state index is 13.1. The Kier molecular flexibility index (Phi) is 10.0. The number of Topliss-reactive ketones (excluding diaryl/α,β-unsaturated/α-hetero) is 1. The molecule has 1 aromatic carbocycles. The van der Waals surface area contributed by atoms with E-state index in [0.29, 0.717) is 25.9 Å². The van der Waals surface area contributed by atoms with Gasteiger partial charge in [-0.3, -0.25) is 14.4 Å². The Hall–Kier alpha value is -2.37. The molecule has 1 aromatic rings. The van der Waals surface area contributed by atoms with Gasteiger partial charge in [0.15, 0.2) is 5.78 Å². The van der Waals surface area contributed by atoms with Crippen LogP contribution in [0.5, 0.6) is 5.75 Å². The Labute approximate surface area is 186 Å². The van der Waals surface area contributed by atoms with Crippen LogP contribution in [0.25, 0.3) is 0 Å². The zero-order valence-corrected chi connectivity index (χ0v) is 19.3. The summed E-state index contributed by atoms with van der Waals surface area (Å²) >= 11 is 0. The molecule has 0 radical (unpaired) electrons. The number of nitrogens with one attached hydrogen (secondary N) is 1. The molecular formula is C25H37NO5. The maximum absolute atomic E-state index is 13.1. The Bertz CT molecular complexity index is 728. The Balaban J connectivity index is 2.21. The number of rotatable bonds is 3. The lowest BCUT2D eigenvalue weighted by atomic mass is 9.90. The number of hydrogen-bond acceptors (Lipinski definition) is 5. The van der Waals surface area contributed by atoms with E-state index >= 15 is 0 Å². The number of benzene rings is 1. The van der Waals surface area contributed by atoms with Gasteiger partial charge in [0.2, 0.25) is 5.91 Å². The van der Waals surface area contributed by atoms with Crippen molar-refractivity contribution in [3.63, 3.8) is 0 Å². The van der Waals surface area contributed by atoms with Gasteiger partial charge in [0.05, 0.1) is 25.7 Å². The molecule has 0 saturated carbocycles. The first-order valence-electron chi connectivity index (χ1n) is 11.4. The summed E-state index contributed by atoms with van der Waals surface area (Å²) < 4.78 is 10.7. The lowest BCUT2D eigenvalue weighted by Crippen LogP contribution is -2.45. The molecule has 172 valence electrons. The topological polar surface area (TPSA) is 81.7 Å². The van der Waals surface area contributed by atoms with Crippen LogP contribution < -0.4 is 10.1 Å². The largest absolute Gasteiger partial charge is 0.494 e. The van der Waals surface area contributed by atoms with Crippen LogP contribution in [-0.4, -0.2) is 37.4 Å². The summed E-state index contributed by atoms with van der Waals surface area (Å²) in [5, 5.41) is 2.95. The Morgan fingerprint density at radius 2 is 1.84 bits per heavy atom. The number of ether oxygens (including phenoxy) is 2.